The SMILES string of the molecule is Cn1ccc2cc(-c3ccc4oc(N5CCN(C(=O)C(F)(F)F)CC5)nc4c3)ccc21. The predicted octanol–water partition coefficient (Wildman–Crippen LogP) is 4.20. The topological polar surface area (TPSA) is 54.5 Å². The van der Waals surface area contributed by atoms with Gasteiger partial charge in [0, 0.05) is 50.3 Å². The molecule has 1 aliphatic rings. The molecule has 31 heavy (non-hydrogen) atoms. The maximum atomic E-state index is 12.6. The number of nitrogens with zero attached hydrogens (tertiary/aromatic N) is 4. The van der Waals surface area contributed by atoms with Crippen LogP contribution in [-0.2, 0) is 11.8 Å². The monoisotopic (exact) mass is 428 g/mol. The van der Waals surface area contributed by atoms with E-state index in [0.717, 1.165) is 26.9 Å². The molecule has 0 bridgehead atoms. The zero-order valence-electron chi connectivity index (χ0n) is 16.7. The summed E-state index contributed by atoms with van der Waals surface area (Å²) in [6.45, 7) is 0.400. The largest absolute Gasteiger partial charge is 0.471 e. The zero-order chi connectivity index (χ0) is 21.8. The molecule has 0 atom stereocenters. The molecule has 3 heterocycles. The summed E-state index contributed by atoms with van der Waals surface area (Å²) in [5, 5.41) is 1.15. The Bertz CT molecular complexity index is 1280. The Balaban J connectivity index is 1.37. The fourth-order valence-corrected chi connectivity index (χ4v) is 3.97. The lowest BCUT2D eigenvalue weighted by atomic mass is 10.0. The van der Waals surface area contributed by atoms with Crippen molar-refractivity contribution < 1.29 is 22.4 Å². The third-order valence-electron chi connectivity index (χ3n) is 5.67. The molecule has 0 aliphatic carbocycles. The maximum absolute atomic E-state index is 12.6. The van der Waals surface area contributed by atoms with Crippen LogP contribution in [-0.4, -0.2) is 52.7 Å². The summed E-state index contributed by atoms with van der Waals surface area (Å²) in [5.74, 6) is -1.80. The molecule has 9 heteroatoms. The molecule has 5 rings (SSSR count). The van der Waals surface area contributed by atoms with E-state index in [4.69, 9.17) is 4.42 Å². The van der Waals surface area contributed by atoms with Crippen molar-refractivity contribution in [2.24, 2.45) is 7.05 Å². The summed E-state index contributed by atoms with van der Waals surface area (Å²) in [6.07, 6.45) is -2.83. The van der Waals surface area contributed by atoms with Crippen molar-refractivity contribution in [2.75, 3.05) is 31.1 Å². The summed E-state index contributed by atoms with van der Waals surface area (Å²) in [4.78, 5) is 18.5. The quantitative estimate of drug-likeness (QED) is 0.480. The average Bonchev–Trinajstić information content (AvgIpc) is 3.35. The third-order valence-corrected chi connectivity index (χ3v) is 5.67. The van der Waals surface area contributed by atoms with Crippen LogP contribution in [0.25, 0.3) is 33.1 Å². The molecule has 2 aromatic heterocycles. The summed E-state index contributed by atoms with van der Waals surface area (Å²) in [5.41, 5.74) is 4.49. The number of halogens is 3. The highest BCUT2D eigenvalue weighted by atomic mass is 19.4. The molecule has 0 N–H and O–H groups in total. The number of aryl methyl sites for hydroxylation is 1. The lowest BCUT2D eigenvalue weighted by molar-refractivity contribution is -0.185. The van der Waals surface area contributed by atoms with Gasteiger partial charge in [0.05, 0.1) is 0 Å². The van der Waals surface area contributed by atoms with Gasteiger partial charge in [0.25, 0.3) is 6.01 Å². The molecule has 6 nitrogen and oxygen atoms in total. The number of rotatable bonds is 2. The van der Waals surface area contributed by atoms with Crippen LogP contribution in [0.3, 0.4) is 0 Å². The van der Waals surface area contributed by atoms with Gasteiger partial charge >= 0.3 is 12.1 Å². The first-order chi connectivity index (χ1) is 14.8. The van der Waals surface area contributed by atoms with Crippen LogP contribution in [0.1, 0.15) is 0 Å². The second-order valence-electron chi connectivity index (χ2n) is 7.66. The first-order valence-electron chi connectivity index (χ1n) is 9.87. The number of hydrogen-bond acceptors (Lipinski definition) is 4. The number of alkyl halides is 3. The Labute approximate surface area is 175 Å². The van der Waals surface area contributed by atoms with E-state index in [2.05, 4.69) is 33.8 Å². The number of fused-ring (bicyclic) bond motifs is 2. The Morgan fingerprint density at radius 3 is 2.45 bits per heavy atom. The van der Waals surface area contributed by atoms with Gasteiger partial charge in [-0.2, -0.15) is 18.2 Å². The molecule has 160 valence electrons. The van der Waals surface area contributed by atoms with E-state index < -0.39 is 12.1 Å². The number of hydrogen-bond donors (Lipinski definition) is 0. The number of carbonyl (C=O) groups is 1. The summed E-state index contributed by atoms with van der Waals surface area (Å²) in [6, 6.07) is 14.4. The molecule has 4 aromatic rings. The molecule has 2 aromatic carbocycles. The second-order valence-corrected chi connectivity index (χ2v) is 7.66. The van der Waals surface area contributed by atoms with Crippen LogP contribution in [0, 0.1) is 0 Å². The van der Waals surface area contributed by atoms with Gasteiger partial charge in [0.1, 0.15) is 5.52 Å². The number of amides is 1. The maximum Gasteiger partial charge on any atom is 0.471 e. The van der Waals surface area contributed by atoms with Crippen LogP contribution in [0.4, 0.5) is 19.2 Å². The van der Waals surface area contributed by atoms with Gasteiger partial charge < -0.3 is 18.8 Å². The minimum Gasteiger partial charge on any atom is -0.423 e. The molecule has 1 aliphatic heterocycles. The fraction of sp³-hybridized carbons (Fsp3) is 0.273. The van der Waals surface area contributed by atoms with Gasteiger partial charge in [-0.15, -0.1) is 0 Å². The number of anilines is 1. The highest BCUT2D eigenvalue weighted by molar-refractivity contribution is 5.88. The van der Waals surface area contributed by atoms with Crippen molar-refractivity contribution in [1.29, 1.82) is 0 Å². The second kappa shape index (κ2) is 7.04. The summed E-state index contributed by atoms with van der Waals surface area (Å²) >= 11 is 0. The lowest BCUT2D eigenvalue weighted by Gasteiger charge is -2.34. The van der Waals surface area contributed by atoms with Crippen LogP contribution in [0.15, 0.2) is 53.1 Å². The number of aromatic nitrogens is 2. The molecular formula is C22H19F3N4O2. The van der Waals surface area contributed by atoms with Crippen molar-refractivity contribution in [3.05, 3.63) is 48.7 Å². The number of piperazine rings is 1. The van der Waals surface area contributed by atoms with E-state index in [9.17, 15) is 18.0 Å². The molecule has 0 radical (unpaired) electrons. The van der Waals surface area contributed by atoms with Crippen molar-refractivity contribution in [3.8, 4) is 11.1 Å². The Hall–Kier alpha value is -3.49. The van der Waals surface area contributed by atoms with Crippen LogP contribution < -0.4 is 4.90 Å². The Morgan fingerprint density at radius 2 is 1.71 bits per heavy atom. The van der Waals surface area contributed by atoms with Crippen molar-refractivity contribution in [2.45, 2.75) is 6.18 Å². The normalized spacial score (nSPS) is 15.2. The molecule has 1 fully saturated rings. The average molecular weight is 428 g/mol. The number of carbonyl (C=O) groups excluding carboxylic acids is 1. The molecular weight excluding hydrogens is 409 g/mol. The molecule has 0 saturated carbocycles. The van der Waals surface area contributed by atoms with E-state index in [1.54, 1.807) is 4.90 Å². The van der Waals surface area contributed by atoms with E-state index >= 15 is 0 Å². The first kappa shape index (κ1) is 19.5. The van der Waals surface area contributed by atoms with Crippen LogP contribution in [0.5, 0.6) is 0 Å². The third kappa shape index (κ3) is 3.49. The van der Waals surface area contributed by atoms with Crippen LogP contribution >= 0.6 is 0 Å². The standard InChI is InChI=1S/C22H19F3N4O2/c1-27-7-6-16-12-14(2-4-18(16)27)15-3-5-19-17(13-15)26-21(31-19)29-10-8-28(9-11-29)20(30)22(23,24)25/h2-7,12-13H,8-11H2,1H3. The number of oxazole rings is 1. The first-order valence-corrected chi connectivity index (χ1v) is 9.87. The van der Waals surface area contributed by atoms with Crippen molar-refractivity contribution >= 4 is 33.9 Å². The fourth-order valence-electron chi connectivity index (χ4n) is 3.97. The lowest BCUT2D eigenvalue weighted by Crippen LogP contribution is -2.52. The van der Waals surface area contributed by atoms with Crippen LogP contribution in [0.2, 0.25) is 0 Å². The minimum absolute atomic E-state index is 0.0284. The Morgan fingerprint density at radius 1 is 1.00 bits per heavy atom. The van der Waals surface area contributed by atoms with E-state index in [0.29, 0.717) is 17.1 Å². The van der Waals surface area contributed by atoms with Gasteiger partial charge in [-0.05, 0) is 41.5 Å². The van der Waals surface area contributed by atoms with Crippen molar-refractivity contribution in [3.63, 3.8) is 0 Å². The molecule has 0 spiro atoms. The number of benzene rings is 2. The minimum atomic E-state index is -4.85. The molecule has 1 saturated heterocycles. The van der Waals surface area contributed by atoms with Gasteiger partial charge in [-0.3, -0.25) is 4.79 Å². The van der Waals surface area contributed by atoms with Gasteiger partial charge in [-0.25, -0.2) is 0 Å². The van der Waals surface area contributed by atoms with E-state index in [1.165, 1.54) is 0 Å². The smallest absolute Gasteiger partial charge is 0.423 e. The summed E-state index contributed by atoms with van der Waals surface area (Å²) in [7, 11) is 2.00. The highest BCUT2D eigenvalue weighted by Gasteiger charge is 2.43. The molecule has 1 amide bonds. The highest BCUT2D eigenvalue weighted by Crippen LogP contribution is 2.30. The van der Waals surface area contributed by atoms with Gasteiger partial charge in [0.15, 0.2) is 5.58 Å². The van der Waals surface area contributed by atoms with Gasteiger partial charge in [-0.1, -0.05) is 12.1 Å². The molecule has 0 unspecified atom stereocenters. The predicted molar refractivity (Wildman–Crippen MR) is 111 cm³/mol. The van der Waals surface area contributed by atoms with E-state index in [1.807, 2.05) is 31.4 Å². The summed E-state index contributed by atoms with van der Waals surface area (Å²) < 4.78 is 45.7. The van der Waals surface area contributed by atoms with E-state index in [-0.39, 0.29) is 26.2 Å². The Kier molecular flexibility index (Phi) is 4.42. The zero-order valence-corrected chi connectivity index (χ0v) is 16.7. The van der Waals surface area contributed by atoms with Crippen molar-refractivity contribution in [1.82, 2.24) is 14.5 Å². The van der Waals surface area contributed by atoms with Gasteiger partial charge in [0.2, 0.25) is 0 Å².